The van der Waals surface area contributed by atoms with Gasteiger partial charge in [-0.3, -0.25) is 4.79 Å². The Kier molecular flexibility index (Phi) is 3.56. The van der Waals surface area contributed by atoms with Crippen molar-refractivity contribution < 1.29 is 14.3 Å². The monoisotopic (exact) mass is 287 g/mol. The summed E-state index contributed by atoms with van der Waals surface area (Å²) in [5.41, 5.74) is 1.53. The smallest absolute Gasteiger partial charge is 0.213 e. The van der Waals surface area contributed by atoms with Gasteiger partial charge >= 0.3 is 0 Å². The zero-order valence-electron chi connectivity index (χ0n) is 12.6. The third-order valence-electron chi connectivity index (χ3n) is 5.15. The van der Waals surface area contributed by atoms with E-state index in [1.807, 2.05) is 12.1 Å². The molecular formula is C17H21NO3. The summed E-state index contributed by atoms with van der Waals surface area (Å²) in [5.74, 6) is 1.59. The molecule has 1 aromatic heterocycles. The van der Waals surface area contributed by atoms with Crippen molar-refractivity contribution in [1.82, 2.24) is 4.98 Å². The molecule has 1 aromatic rings. The molecule has 0 aliphatic heterocycles. The van der Waals surface area contributed by atoms with Crippen LogP contribution >= 0.6 is 0 Å². The van der Waals surface area contributed by atoms with Crippen molar-refractivity contribution in [1.29, 1.82) is 0 Å². The van der Waals surface area contributed by atoms with Crippen molar-refractivity contribution >= 4 is 12.1 Å². The molecule has 1 saturated carbocycles. The van der Waals surface area contributed by atoms with E-state index in [9.17, 15) is 9.59 Å². The number of hydrogen-bond acceptors (Lipinski definition) is 4. The van der Waals surface area contributed by atoms with Crippen molar-refractivity contribution in [3.8, 4) is 5.88 Å². The van der Waals surface area contributed by atoms with Crippen LogP contribution in [-0.4, -0.2) is 24.2 Å². The van der Waals surface area contributed by atoms with Gasteiger partial charge in [-0.2, -0.15) is 0 Å². The highest BCUT2D eigenvalue weighted by molar-refractivity contribution is 5.93. The van der Waals surface area contributed by atoms with Crippen LogP contribution in [0.25, 0.3) is 0 Å². The minimum Gasteiger partial charge on any atom is -0.481 e. The Morgan fingerprint density at radius 2 is 2.24 bits per heavy atom. The van der Waals surface area contributed by atoms with Crippen LogP contribution in [0.15, 0.2) is 12.1 Å². The van der Waals surface area contributed by atoms with Gasteiger partial charge in [0.15, 0.2) is 0 Å². The number of hydrogen-bond donors (Lipinski definition) is 0. The molecule has 1 fully saturated rings. The molecule has 4 heteroatoms. The SMILES string of the molecule is COc1ccc2c(n1)C[C@@H]1C[C@@H](C)CC(=O)[C@]21CCC=O. The van der Waals surface area contributed by atoms with E-state index >= 15 is 0 Å². The fraction of sp³-hybridized carbons (Fsp3) is 0.588. The number of Topliss-reactive ketones (excluding diaryl/α,β-unsaturated/α-hetero) is 1. The number of aromatic nitrogens is 1. The van der Waals surface area contributed by atoms with Gasteiger partial charge in [-0.05, 0) is 36.7 Å². The van der Waals surface area contributed by atoms with Crippen LogP contribution in [0.1, 0.15) is 43.9 Å². The van der Waals surface area contributed by atoms with E-state index < -0.39 is 5.41 Å². The van der Waals surface area contributed by atoms with Gasteiger partial charge in [-0.15, -0.1) is 0 Å². The molecule has 0 radical (unpaired) electrons. The number of rotatable bonds is 4. The van der Waals surface area contributed by atoms with Gasteiger partial charge in [0, 0.05) is 24.6 Å². The van der Waals surface area contributed by atoms with E-state index in [0.717, 1.165) is 30.4 Å². The van der Waals surface area contributed by atoms with Gasteiger partial charge in [-0.1, -0.05) is 13.0 Å². The Morgan fingerprint density at radius 1 is 1.43 bits per heavy atom. The molecule has 1 heterocycles. The average molecular weight is 287 g/mol. The van der Waals surface area contributed by atoms with Crippen molar-refractivity contribution in [3.63, 3.8) is 0 Å². The molecule has 112 valence electrons. The molecule has 0 saturated heterocycles. The highest BCUT2D eigenvalue weighted by atomic mass is 16.5. The minimum atomic E-state index is -0.484. The van der Waals surface area contributed by atoms with Crippen LogP contribution in [-0.2, 0) is 21.4 Å². The fourth-order valence-electron chi connectivity index (χ4n) is 4.28. The Balaban J connectivity index is 2.08. The van der Waals surface area contributed by atoms with Crippen LogP contribution in [0, 0.1) is 11.8 Å². The number of carbonyl (C=O) groups excluding carboxylic acids is 2. The van der Waals surface area contributed by atoms with Crippen LogP contribution in [0.4, 0.5) is 0 Å². The largest absolute Gasteiger partial charge is 0.481 e. The van der Waals surface area contributed by atoms with Gasteiger partial charge < -0.3 is 9.53 Å². The summed E-state index contributed by atoms with van der Waals surface area (Å²) >= 11 is 0. The molecule has 4 nitrogen and oxygen atoms in total. The maximum Gasteiger partial charge on any atom is 0.213 e. The molecule has 3 rings (SSSR count). The summed E-state index contributed by atoms with van der Waals surface area (Å²) in [6.45, 7) is 2.14. The summed E-state index contributed by atoms with van der Waals surface area (Å²) in [7, 11) is 1.60. The summed E-state index contributed by atoms with van der Waals surface area (Å²) < 4.78 is 5.20. The van der Waals surface area contributed by atoms with E-state index in [1.165, 1.54) is 0 Å². The Morgan fingerprint density at radius 3 is 2.95 bits per heavy atom. The first-order valence-electron chi connectivity index (χ1n) is 7.63. The van der Waals surface area contributed by atoms with Crippen molar-refractivity contribution in [2.45, 2.75) is 44.4 Å². The van der Waals surface area contributed by atoms with Gasteiger partial charge in [0.05, 0.1) is 12.5 Å². The molecule has 21 heavy (non-hydrogen) atoms. The second-order valence-corrected chi connectivity index (χ2v) is 6.39. The lowest BCUT2D eigenvalue weighted by Gasteiger charge is -2.40. The highest BCUT2D eigenvalue weighted by Gasteiger charge is 2.54. The zero-order chi connectivity index (χ0) is 15.0. The standard InChI is InChI=1S/C17H21NO3/c1-11-8-12-10-14-13(4-5-16(18-14)21-2)17(12,6-3-7-19)15(20)9-11/h4-5,7,11-12H,3,6,8-10H2,1-2H3/t11-,12+,17+/m1/s1. The van der Waals surface area contributed by atoms with E-state index in [2.05, 4.69) is 11.9 Å². The predicted octanol–water partition coefficient (Wildman–Crippen LogP) is 2.48. The quantitative estimate of drug-likeness (QED) is 0.798. The number of pyridine rings is 1. The maximum atomic E-state index is 12.9. The third-order valence-corrected chi connectivity index (χ3v) is 5.15. The molecule has 0 amide bonds. The van der Waals surface area contributed by atoms with E-state index in [-0.39, 0.29) is 5.92 Å². The van der Waals surface area contributed by atoms with Crippen molar-refractivity contribution in [2.75, 3.05) is 7.11 Å². The molecule has 2 aliphatic carbocycles. The number of ketones is 1. The maximum absolute atomic E-state index is 12.9. The van der Waals surface area contributed by atoms with Crippen LogP contribution < -0.4 is 4.74 Å². The van der Waals surface area contributed by atoms with Gasteiger partial charge in [0.1, 0.15) is 12.1 Å². The minimum absolute atomic E-state index is 0.281. The molecule has 0 unspecified atom stereocenters. The summed E-state index contributed by atoms with van der Waals surface area (Å²) in [6, 6.07) is 3.81. The van der Waals surface area contributed by atoms with E-state index in [0.29, 0.717) is 36.8 Å². The Labute approximate surface area is 124 Å². The molecule has 0 spiro atoms. The Bertz CT molecular complexity index is 583. The van der Waals surface area contributed by atoms with E-state index in [1.54, 1.807) is 7.11 Å². The third kappa shape index (κ3) is 2.08. The van der Waals surface area contributed by atoms with Gasteiger partial charge in [0.2, 0.25) is 5.88 Å². The lowest BCUT2D eigenvalue weighted by atomic mass is 9.61. The zero-order valence-corrected chi connectivity index (χ0v) is 12.6. The van der Waals surface area contributed by atoms with Crippen LogP contribution in [0.2, 0.25) is 0 Å². The Hall–Kier alpha value is -1.71. The molecule has 0 bridgehead atoms. The van der Waals surface area contributed by atoms with Crippen LogP contribution in [0.5, 0.6) is 5.88 Å². The number of aldehydes is 1. The fourth-order valence-corrected chi connectivity index (χ4v) is 4.28. The molecule has 0 N–H and O–H groups in total. The molecular weight excluding hydrogens is 266 g/mol. The molecule has 2 aliphatic rings. The molecule has 0 aromatic carbocycles. The second kappa shape index (κ2) is 5.24. The lowest BCUT2D eigenvalue weighted by Crippen LogP contribution is -2.45. The second-order valence-electron chi connectivity index (χ2n) is 6.39. The number of carbonyl (C=O) groups is 2. The first-order valence-corrected chi connectivity index (χ1v) is 7.63. The number of fused-ring (bicyclic) bond motifs is 3. The summed E-state index contributed by atoms with van der Waals surface area (Å²) in [4.78, 5) is 28.3. The van der Waals surface area contributed by atoms with Crippen molar-refractivity contribution in [3.05, 3.63) is 23.4 Å². The topological polar surface area (TPSA) is 56.3 Å². The summed E-state index contributed by atoms with van der Waals surface area (Å²) in [6.07, 6.45) is 4.44. The first kappa shape index (κ1) is 14.2. The van der Waals surface area contributed by atoms with Crippen molar-refractivity contribution in [2.24, 2.45) is 11.8 Å². The van der Waals surface area contributed by atoms with Gasteiger partial charge in [0.25, 0.3) is 0 Å². The first-order chi connectivity index (χ1) is 10.1. The number of methoxy groups -OCH3 is 1. The highest BCUT2D eigenvalue weighted by Crippen LogP contribution is 2.53. The summed E-state index contributed by atoms with van der Waals surface area (Å²) in [5, 5.41) is 0. The van der Waals surface area contributed by atoms with Gasteiger partial charge in [-0.25, -0.2) is 4.98 Å². The normalized spacial score (nSPS) is 30.7. The van der Waals surface area contributed by atoms with Crippen LogP contribution in [0.3, 0.4) is 0 Å². The lowest BCUT2D eigenvalue weighted by molar-refractivity contribution is -0.130. The average Bonchev–Trinajstić information content (AvgIpc) is 2.78. The predicted molar refractivity (Wildman–Crippen MR) is 78.4 cm³/mol. The van der Waals surface area contributed by atoms with E-state index in [4.69, 9.17) is 4.74 Å². The molecule has 3 atom stereocenters. The number of ether oxygens (including phenoxy) is 1. The number of nitrogens with zero attached hydrogens (tertiary/aromatic N) is 1.